The molecule has 1 saturated heterocycles. The lowest BCUT2D eigenvalue weighted by molar-refractivity contribution is -0.152. The predicted molar refractivity (Wildman–Crippen MR) is 89.9 cm³/mol. The third-order valence-electron chi connectivity index (χ3n) is 3.83. The Morgan fingerprint density at radius 1 is 1.25 bits per heavy atom. The van der Waals surface area contributed by atoms with Crippen molar-refractivity contribution in [1.29, 1.82) is 0 Å². The van der Waals surface area contributed by atoms with Crippen molar-refractivity contribution >= 4 is 12.1 Å². The standard InChI is InChI=1S/C18H26N2O4/c1-18(2,3)24-17(22)20-10-9-14(11-15(20)19)16(21)23-12-13-7-5-4-6-8-13/h4-8,14-15H,9-12,19H2,1-3H3. The number of hydrogen-bond donors (Lipinski definition) is 1. The molecule has 1 aliphatic rings. The number of hydrogen-bond acceptors (Lipinski definition) is 5. The van der Waals surface area contributed by atoms with E-state index in [2.05, 4.69) is 0 Å². The van der Waals surface area contributed by atoms with Crippen LogP contribution in [0.15, 0.2) is 30.3 Å². The van der Waals surface area contributed by atoms with Crippen LogP contribution in [0.4, 0.5) is 4.79 Å². The number of piperidine rings is 1. The van der Waals surface area contributed by atoms with Gasteiger partial charge in [-0.3, -0.25) is 9.69 Å². The minimum atomic E-state index is -0.567. The van der Waals surface area contributed by atoms with Crippen molar-refractivity contribution in [3.63, 3.8) is 0 Å². The molecule has 0 aliphatic carbocycles. The molecule has 2 rings (SSSR count). The second-order valence-electron chi connectivity index (χ2n) is 7.06. The van der Waals surface area contributed by atoms with E-state index in [0.29, 0.717) is 19.4 Å². The lowest BCUT2D eigenvalue weighted by Gasteiger charge is -2.37. The van der Waals surface area contributed by atoms with E-state index in [9.17, 15) is 9.59 Å². The summed E-state index contributed by atoms with van der Waals surface area (Å²) in [5.41, 5.74) is 6.43. The van der Waals surface area contributed by atoms with E-state index in [0.717, 1.165) is 5.56 Å². The highest BCUT2D eigenvalue weighted by molar-refractivity contribution is 5.74. The zero-order valence-electron chi connectivity index (χ0n) is 14.5. The van der Waals surface area contributed by atoms with Crippen molar-refractivity contribution < 1.29 is 19.1 Å². The number of carbonyl (C=O) groups is 2. The van der Waals surface area contributed by atoms with Gasteiger partial charge in [-0.1, -0.05) is 30.3 Å². The molecule has 1 heterocycles. The van der Waals surface area contributed by atoms with E-state index in [1.165, 1.54) is 4.90 Å². The van der Waals surface area contributed by atoms with Gasteiger partial charge in [-0.25, -0.2) is 4.79 Å². The molecular weight excluding hydrogens is 308 g/mol. The molecule has 0 spiro atoms. The van der Waals surface area contributed by atoms with Crippen LogP contribution in [0, 0.1) is 5.92 Å². The number of nitrogens with two attached hydrogens (primary N) is 1. The van der Waals surface area contributed by atoms with Crippen LogP contribution in [0.3, 0.4) is 0 Å². The molecule has 1 aromatic rings. The van der Waals surface area contributed by atoms with Gasteiger partial charge in [-0.2, -0.15) is 0 Å². The van der Waals surface area contributed by atoms with Crippen molar-refractivity contribution in [1.82, 2.24) is 4.90 Å². The SMILES string of the molecule is CC(C)(C)OC(=O)N1CCC(C(=O)OCc2ccccc2)CC1N. The maximum atomic E-state index is 12.2. The normalized spacial score (nSPS) is 21.2. The minimum absolute atomic E-state index is 0.251. The summed E-state index contributed by atoms with van der Waals surface area (Å²) in [4.78, 5) is 25.8. The molecule has 0 radical (unpaired) electrons. The van der Waals surface area contributed by atoms with E-state index in [4.69, 9.17) is 15.2 Å². The van der Waals surface area contributed by atoms with Gasteiger partial charge >= 0.3 is 12.1 Å². The van der Waals surface area contributed by atoms with Crippen LogP contribution in [0.2, 0.25) is 0 Å². The number of carbonyl (C=O) groups excluding carboxylic acids is 2. The number of ether oxygens (including phenoxy) is 2. The first kappa shape index (κ1) is 18.3. The lowest BCUT2D eigenvalue weighted by atomic mass is 9.95. The van der Waals surface area contributed by atoms with Crippen LogP contribution in [0.25, 0.3) is 0 Å². The van der Waals surface area contributed by atoms with Crippen LogP contribution >= 0.6 is 0 Å². The molecule has 0 bridgehead atoms. The van der Waals surface area contributed by atoms with Gasteiger partial charge in [0, 0.05) is 6.54 Å². The summed E-state index contributed by atoms with van der Waals surface area (Å²) in [6.07, 6.45) is -0.0676. The Hall–Kier alpha value is -2.08. The summed E-state index contributed by atoms with van der Waals surface area (Å²) in [5.74, 6) is -0.555. The summed E-state index contributed by atoms with van der Waals surface area (Å²) >= 11 is 0. The van der Waals surface area contributed by atoms with Gasteiger partial charge in [-0.15, -0.1) is 0 Å². The summed E-state index contributed by atoms with van der Waals surface area (Å²) in [7, 11) is 0. The summed E-state index contributed by atoms with van der Waals surface area (Å²) in [5, 5.41) is 0. The Morgan fingerprint density at radius 2 is 1.92 bits per heavy atom. The number of nitrogens with zero attached hydrogens (tertiary/aromatic N) is 1. The van der Waals surface area contributed by atoms with E-state index >= 15 is 0 Å². The Bertz CT molecular complexity index is 568. The zero-order chi connectivity index (χ0) is 17.7. The molecule has 6 heteroatoms. The smallest absolute Gasteiger partial charge is 0.411 e. The monoisotopic (exact) mass is 334 g/mol. The third-order valence-corrected chi connectivity index (χ3v) is 3.83. The molecule has 2 unspecified atom stereocenters. The van der Waals surface area contributed by atoms with Gasteiger partial charge in [-0.05, 0) is 39.2 Å². The average molecular weight is 334 g/mol. The van der Waals surface area contributed by atoms with Crippen molar-refractivity contribution in [2.24, 2.45) is 11.7 Å². The minimum Gasteiger partial charge on any atom is -0.461 e. The summed E-state index contributed by atoms with van der Waals surface area (Å²) < 4.78 is 10.7. The third kappa shape index (κ3) is 5.23. The van der Waals surface area contributed by atoms with Gasteiger partial charge in [0.1, 0.15) is 12.2 Å². The van der Waals surface area contributed by atoms with Gasteiger partial charge in [0.2, 0.25) is 0 Å². The maximum absolute atomic E-state index is 12.2. The number of rotatable bonds is 3. The molecule has 1 fully saturated rings. The Balaban J connectivity index is 1.83. The van der Waals surface area contributed by atoms with Crippen LogP contribution in [0.5, 0.6) is 0 Å². The highest BCUT2D eigenvalue weighted by Crippen LogP contribution is 2.24. The molecule has 0 saturated carbocycles. The van der Waals surface area contributed by atoms with E-state index in [1.807, 2.05) is 51.1 Å². The van der Waals surface area contributed by atoms with Crippen LogP contribution < -0.4 is 5.73 Å². The fourth-order valence-electron chi connectivity index (χ4n) is 2.61. The van der Waals surface area contributed by atoms with Gasteiger partial charge in [0.05, 0.1) is 12.1 Å². The second-order valence-corrected chi connectivity index (χ2v) is 7.06. The molecule has 1 aliphatic heterocycles. The van der Waals surface area contributed by atoms with Crippen LogP contribution in [-0.2, 0) is 20.9 Å². The maximum Gasteiger partial charge on any atom is 0.411 e. The Morgan fingerprint density at radius 3 is 2.50 bits per heavy atom. The summed E-state index contributed by atoms with van der Waals surface area (Å²) in [6, 6.07) is 9.53. The van der Waals surface area contributed by atoms with Crippen LogP contribution in [-0.4, -0.2) is 35.3 Å². The van der Waals surface area contributed by atoms with E-state index in [-0.39, 0.29) is 18.5 Å². The molecular formula is C18H26N2O4. The molecule has 132 valence electrons. The predicted octanol–water partition coefficient (Wildman–Crippen LogP) is 2.66. The number of likely N-dealkylation sites (tertiary alicyclic amines) is 1. The Kier molecular flexibility index (Phi) is 5.83. The molecule has 0 aromatic heterocycles. The number of esters is 1. The van der Waals surface area contributed by atoms with Gasteiger partial charge in [0.25, 0.3) is 0 Å². The molecule has 24 heavy (non-hydrogen) atoms. The number of benzene rings is 1. The van der Waals surface area contributed by atoms with Crippen molar-refractivity contribution in [2.75, 3.05) is 6.54 Å². The molecule has 2 N–H and O–H groups in total. The molecule has 2 atom stereocenters. The fraction of sp³-hybridized carbons (Fsp3) is 0.556. The quantitative estimate of drug-likeness (QED) is 0.859. The summed E-state index contributed by atoms with van der Waals surface area (Å²) in [6.45, 7) is 6.07. The highest BCUT2D eigenvalue weighted by atomic mass is 16.6. The molecule has 1 amide bonds. The first-order valence-electron chi connectivity index (χ1n) is 8.22. The number of amides is 1. The lowest BCUT2D eigenvalue weighted by Crippen LogP contribution is -2.53. The average Bonchev–Trinajstić information content (AvgIpc) is 2.51. The van der Waals surface area contributed by atoms with Gasteiger partial charge in [0.15, 0.2) is 0 Å². The first-order valence-corrected chi connectivity index (χ1v) is 8.22. The first-order chi connectivity index (χ1) is 11.3. The van der Waals surface area contributed by atoms with Crippen LogP contribution in [0.1, 0.15) is 39.2 Å². The Labute approximate surface area is 142 Å². The molecule has 1 aromatic carbocycles. The zero-order valence-corrected chi connectivity index (χ0v) is 14.5. The van der Waals surface area contributed by atoms with Gasteiger partial charge < -0.3 is 15.2 Å². The van der Waals surface area contributed by atoms with Crippen molar-refractivity contribution in [3.8, 4) is 0 Å². The van der Waals surface area contributed by atoms with E-state index in [1.54, 1.807) is 0 Å². The topological polar surface area (TPSA) is 81.9 Å². The highest BCUT2D eigenvalue weighted by Gasteiger charge is 2.35. The fourth-order valence-corrected chi connectivity index (χ4v) is 2.61. The van der Waals surface area contributed by atoms with E-state index < -0.39 is 17.9 Å². The second kappa shape index (κ2) is 7.66. The molecule has 6 nitrogen and oxygen atoms in total. The largest absolute Gasteiger partial charge is 0.461 e. The van der Waals surface area contributed by atoms with Crippen molar-refractivity contribution in [3.05, 3.63) is 35.9 Å². The van der Waals surface area contributed by atoms with Crippen molar-refractivity contribution in [2.45, 2.75) is 52.0 Å².